The number of hydrogen-bond acceptors (Lipinski definition) is 4. The molecule has 21 heavy (non-hydrogen) atoms. The maximum atomic E-state index is 11.2. The molecule has 0 radical (unpaired) electrons. The average Bonchev–Trinajstić information content (AvgIpc) is 2.70. The van der Waals surface area contributed by atoms with E-state index in [0.29, 0.717) is 10.3 Å². The van der Waals surface area contributed by atoms with Gasteiger partial charge in [0.2, 0.25) is 5.82 Å². The van der Waals surface area contributed by atoms with Crippen molar-refractivity contribution < 1.29 is 4.92 Å². The zero-order valence-electron chi connectivity index (χ0n) is 11.3. The van der Waals surface area contributed by atoms with E-state index in [1.807, 2.05) is 17.0 Å². The van der Waals surface area contributed by atoms with E-state index in [-0.39, 0.29) is 10.6 Å². The van der Waals surface area contributed by atoms with Crippen LogP contribution in [0.5, 0.6) is 0 Å². The van der Waals surface area contributed by atoms with Gasteiger partial charge in [0.05, 0.1) is 4.92 Å². The van der Waals surface area contributed by atoms with Gasteiger partial charge in [-0.15, -0.1) is 0 Å². The van der Waals surface area contributed by atoms with E-state index in [2.05, 4.69) is 33.0 Å². The lowest BCUT2D eigenvalue weighted by molar-refractivity contribution is -0.384. The number of nitro groups is 1. The zero-order chi connectivity index (χ0) is 14.8. The molecule has 2 aromatic rings. The summed E-state index contributed by atoms with van der Waals surface area (Å²) in [5.41, 5.74) is 2.69. The van der Waals surface area contributed by atoms with Crippen molar-refractivity contribution in [1.82, 2.24) is 4.98 Å². The molecule has 0 unspecified atom stereocenters. The van der Waals surface area contributed by atoms with Gasteiger partial charge in [-0.2, -0.15) is 0 Å². The smallest absolute Gasteiger partial charge is 0.312 e. The first kappa shape index (κ1) is 14.0. The largest absolute Gasteiger partial charge is 0.350 e. The summed E-state index contributed by atoms with van der Waals surface area (Å²) >= 11 is 3.24. The molecule has 1 aliphatic heterocycles. The Balaban J connectivity index is 1.91. The van der Waals surface area contributed by atoms with Crippen molar-refractivity contribution >= 4 is 27.4 Å². The van der Waals surface area contributed by atoms with Gasteiger partial charge in [0.25, 0.3) is 0 Å². The lowest BCUT2D eigenvalue weighted by Crippen LogP contribution is -2.27. The van der Waals surface area contributed by atoms with E-state index in [1.54, 1.807) is 6.20 Å². The summed E-state index contributed by atoms with van der Waals surface area (Å²) in [6.07, 6.45) is 3.37. The highest BCUT2D eigenvalue weighted by Crippen LogP contribution is 2.30. The molecule has 6 heteroatoms. The molecule has 2 heterocycles. The number of halogens is 1. The number of anilines is 1. The molecule has 0 bridgehead atoms. The summed E-state index contributed by atoms with van der Waals surface area (Å²) in [6, 6.07) is 9.84. The fourth-order valence-corrected chi connectivity index (χ4v) is 3.00. The quantitative estimate of drug-likeness (QED) is 0.617. The molecular formula is C15H14BrN3O2. The highest BCUT2D eigenvalue weighted by Gasteiger charge is 2.23. The van der Waals surface area contributed by atoms with Gasteiger partial charge in [0, 0.05) is 29.8 Å². The van der Waals surface area contributed by atoms with E-state index in [1.165, 1.54) is 17.2 Å². The summed E-state index contributed by atoms with van der Waals surface area (Å²) in [4.78, 5) is 17.1. The molecule has 0 amide bonds. The molecule has 5 nitrogen and oxygen atoms in total. The number of aromatic nitrogens is 1. The van der Waals surface area contributed by atoms with Crippen LogP contribution in [0, 0.1) is 10.1 Å². The van der Waals surface area contributed by atoms with Gasteiger partial charge < -0.3 is 4.90 Å². The molecule has 1 aromatic carbocycles. The monoisotopic (exact) mass is 347 g/mol. The lowest BCUT2D eigenvalue weighted by atomic mass is 10.0. The fourth-order valence-electron chi connectivity index (χ4n) is 2.68. The predicted octanol–water partition coefficient (Wildman–Crippen LogP) is 3.36. The second kappa shape index (κ2) is 5.81. The van der Waals surface area contributed by atoms with Gasteiger partial charge in [0.1, 0.15) is 0 Å². The van der Waals surface area contributed by atoms with Crippen molar-refractivity contribution in [2.75, 3.05) is 18.0 Å². The van der Waals surface area contributed by atoms with Gasteiger partial charge in [0.15, 0.2) is 0 Å². The van der Waals surface area contributed by atoms with Crippen molar-refractivity contribution in [3.05, 3.63) is 62.2 Å². The molecule has 0 saturated carbocycles. The number of pyridine rings is 1. The summed E-state index contributed by atoms with van der Waals surface area (Å²) in [7, 11) is 0. The van der Waals surface area contributed by atoms with Crippen LogP contribution < -0.4 is 4.90 Å². The van der Waals surface area contributed by atoms with E-state index < -0.39 is 0 Å². The Morgan fingerprint density at radius 1 is 1.19 bits per heavy atom. The zero-order valence-corrected chi connectivity index (χ0v) is 12.9. The third kappa shape index (κ3) is 2.90. The maximum Gasteiger partial charge on any atom is 0.312 e. The van der Waals surface area contributed by atoms with Crippen molar-refractivity contribution in [3.8, 4) is 0 Å². The lowest BCUT2D eigenvalue weighted by Gasteiger charge is -2.20. The minimum Gasteiger partial charge on any atom is -0.350 e. The number of nitrogens with zero attached hydrogens (tertiary/aromatic N) is 3. The Kier molecular flexibility index (Phi) is 3.88. The number of fused-ring (bicyclic) bond motifs is 1. The van der Waals surface area contributed by atoms with Crippen molar-refractivity contribution in [1.29, 1.82) is 0 Å². The minimum absolute atomic E-state index is 0.0512. The Hall–Kier alpha value is -1.95. The van der Waals surface area contributed by atoms with Crippen molar-refractivity contribution in [2.24, 2.45) is 0 Å². The van der Waals surface area contributed by atoms with Crippen LogP contribution in [-0.2, 0) is 12.8 Å². The third-order valence-electron chi connectivity index (χ3n) is 3.73. The molecule has 1 aliphatic rings. The second-order valence-electron chi connectivity index (χ2n) is 5.01. The maximum absolute atomic E-state index is 11.2. The van der Waals surface area contributed by atoms with Gasteiger partial charge in [-0.25, -0.2) is 4.98 Å². The van der Waals surface area contributed by atoms with Crippen LogP contribution in [0.3, 0.4) is 0 Å². The molecule has 0 aliphatic carbocycles. The van der Waals surface area contributed by atoms with E-state index in [9.17, 15) is 10.1 Å². The fraction of sp³-hybridized carbons (Fsp3) is 0.267. The van der Waals surface area contributed by atoms with Crippen LogP contribution >= 0.6 is 15.9 Å². The summed E-state index contributed by atoms with van der Waals surface area (Å²) in [5, 5.41) is 11.2. The molecule has 3 rings (SSSR count). The van der Waals surface area contributed by atoms with Gasteiger partial charge >= 0.3 is 5.69 Å². The van der Waals surface area contributed by atoms with E-state index >= 15 is 0 Å². The average molecular weight is 348 g/mol. The predicted molar refractivity (Wildman–Crippen MR) is 84.7 cm³/mol. The van der Waals surface area contributed by atoms with E-state index in [0.717, 1.165) is 25.9 Å². The Labute approximate surface area is 130 Å². The van der Waals surface area contributed by atoms with Crippen LogP contribution in [0.15, 0.2) is 41.0 Å². The topological polar surface area (TPSA) is 59.3 Å². The first-order valence-corrected chi connectivity index (χ1v) is 7.56. The van der Waals surface area contributed by atoms with Crippen LogP contribution in [0.25, 0.3) is 0 Å². The van der Waals surface area contributed by atoms with Gasteiger partial charge in [-0.05, 0) is 39.9 Å². The molecule has 108 valence electrons. The molecular weight excluding hydrogens is 334 g/mol. The Morgan fingerprint density at radius 2 is 1.81 bits per heavy atom. The van der Waals surface area contributed by atoms with Crippen LogP contribution in [-0.4, -0.2) is 23.0 Å². The van der Waals surface area contributed by atoms with Crippen LogP contribution in [0.1, 0.15) is 11.1 Å². The number of hydrogen-bond donors (Lipinski definition) is 0. The van der Waals surface area contributed by atoms with Gasteiger partial charge in [-0.1, -0.05) is 24.3 Å². The molecule has 1 aromatic heterocycles. The highest BCUT2D eigenvalue weighted by molar-refractivity contribution is 9.10. The Bertz CT molecular complexity index is 663. The Morgan fingerprint density at radius 3 is 2.38 bits per heavy atom. The van der Waals surface area contributed by atoms with E-state index in [4.69, 9.17) is 0 Å². The molecule has 0 fully saturated rings. The summed E-state index contributed by atoms with van der Waals surface area (Å²) in [6.45, 7) is 1.49. The van der Waals surface area contributed by atoms with Crippen molar-refractivity contribution in [2.45, 2.75) is 12.8 Å². The summed E-state index contributed by atoms with van der Waals surface area (Å²) in [5.74, 6) is 0.455. The highest BCUT2D eigenvalue weighted by atomic mass is 79.9. The SMILES string of the molecule is O=[N+]([O-])c1cc(Br)cnc1N1CCc2ccccc2CC1. The molecule has 0 N–H and O–H groups in total. The standard InChI is InChI=1S/C15H14BrN3O2/c16-13-9-14(19(20)21)15(17-10-13)18-7-5-11-3-1-2-4-12(11)6-8-18/h1-4,9-10H,5-8H2. The first-order chi connectivity index (χ1) is 10.1. The normalized spacial score (nSPS) is 14.4. The molecule has 0 atom stereocenters. The molecule has 0 saturated heterocycles. The third-order valence-corrected chi connectivity index (χ3v) is 4.16. The number of benzene rings is 1. The summed E-state index contributed by atoms with van der Waals surface area (Å²) < 4.78 is 0.621. The minimum atomic E-state index is -0.370. The first-order valence-electron chi connectivity index (χ1n) is 6.77. The van der Waals surface area contributed by atoms with Crippen molar-refractivity contribution in [3.63, 3.8) is 0 Å². The van der Waals surface area contributed by atoms with Gasteiger partial charge in [-0.3, -0.25) is 10.1 Å². The number of rotatable bonds is 2. The van der Waals surface area contributed by atoms with Crippen LogP contribution in [0.4, 0.5) is 11.5 Å². The van der Waals surface area contributed by atoms with Crippen LogP contribution in [0.2, 0.25) is 0 Å². The second-order valence-corrected chi connectivity index (χ2v) is 5.92. The molecule has 0 spiro atoms.